The van der Waals surface area contributed by atoms with E-state index in [4.69, 9.17) is 18.0 Å². The van der Waals surface area contributed by atoms with Crippen molar-refractivity contribution >= 4 is 17.2 Å². The van der Waals surface area contributed by atoms with Crippen molar-refractivity contribution in [3.05, 3.63) is 11.4 Å². The lowest BCUT2D eigenvalue weighted by atomic mass is 10.2. The fourth-order valence-electron chi connectivity index (χ4n) is 1.45. The molecule has 0 saturated heterocycles. The van der Waals surface area contributed by atoms with Crippen LogP contribution in [0.25, 0.3) is 0 Å². The minimum atomic E-state index is 0.351. The molecule has 1 saturated carbocycles. The topological polar surface area (TPSA) is 56.7 Å². The third-order valence-electron chi connectivity index (χ3n) is 2.25. The van der Waals surface area contributed by atoms with Crippen LogP contribution in [0.2, 0.25) is 0 Å². The SMILES string of the molecule is CCc1c(C(N)=S)nnn1C1CC1. The lowest BCUT2D eigenvalue weighted by Gasteiger charge is -2.02. The summed E-state index contributed by atoms with van der Waals surface area (Å²) < 4.78 is 1.97. The first-order chi connectivity index (χ1) is 6.24. The third kappa shape index (κ3) is 1.44. The van der Waals surface area contributed by atoms with Gasteiger partial charge in [0.1, 0.15) is 10.7 Å². The number of nitrogens with zero attached hydrogens (tertiary/aromatic N) is 3. The van der Waals surface area contributed by atoms with Gasteiger partial charge >= 0.3 is 0 Å². The fraction of sp³-hybridized carbons (Fsp3) is 0.625. The van der Waals surface area contributed by atoms with Crippen LogP contribution in [-0.2, 0) is 6.42 Å². The summed E-state index contributed by atoms with van der Waals surface area (Å²) in [4.78, 5) is 0.351. The Balaban J connectivity index is 2.41. The summed E-state index contributed by atoms with van der Waals surface area (Å²) in [6, 6.07) is 0.547. The first-order valence-corrected chi connectivity index (χ1v) is 4.88. The molecular formula is C8H12N4S. The summed E-state index contributed by atoms with van der Waals surface area (Å²) in [6.45, 7) is 2.07. The highest BCUT2D eigenvalue weighted by atomic mass is 32.1. The molecule has 1 aromatic heterocycles. The molecule has 0 amide bonds. The maximum absolute atomic E-state index is 5.54. The Morgan fingerprint density at radius 3 is 2.85 bits per heavy atom. The molecule has 5 heteroatoms. The lowest BCUT2D eigenvalue weighted by Crippen LogP contribution is -2.13. The summed E-state index contributed by atoms with van der Waals surface area (Å²) in [5.41, 5.74) is 7.32. The molecule has 70 valence electrons. The van der Waals surface area contributed by atoms with Gasteiger partial charge in [-0.2, -0.15) is 0 Å². The van der Waals surface area contributed by atoms with Crippen molar-refractivity contribution < 1.29 is 0 Å². The normalized spacial score (nSPS) is 16.1. The molecule has 1 fully saturated rings. The van der Waals surface area contributed by atoms with Crippen LogP contribution >= 0.6 is 12.2 Å². The molecule has 0 bridgehead atoms. The maximum atomic E-state index is 5.54. The second-order valence-electron chi connectivity index (χ2n) is 3.28. The van der Waals surface area contributed by atoms with Gasteiger partial charge in [-0.15, -0.1) is 5.10 Å². The standard InChI is InChI=1S/C8H12N4S/c1-2-6-7(8(9)13)10-11-12(6)5-3-4-5/h5H,2-4H2,1H3,(H2,9,13). The summed E-state index contributed by atoms with van der Waals surface area (Å²) in [5, 5.41) is 8.06. The molecule has 13 heavy (non-hydrogen) atoms. The molecule has 1 aliphatic carbocycles. The molecule has 0 aromatic carbocycles. The van der Waals surface area contributed by atoms with Crippen LogP contribution in [-0.4, -0.2) is 20.0 Å². The van der Waals surface area contributed by atoms with Crippen molar-refractivity contribution in [2.45, 2.75) is 32.2 Å². The van der Waals surface area contributed by atoms with E-state index >= 15 is 0 Å². The zero-order chi connectivity index (χ0) is 9.42. The van der Waals surface area contributed by atoms with Gasteiger partial charge in [-0.25, -0.2) is 4.68 Å². The van der Waals surface area contributed by atoms with E-state index in [9.17, 15) is 0 Å². The van der Waals surface area contributed by atoms with E-state index in [0.29, 0.717) is 16.7 Å². The molecule has 1 aliphatic rings. The van der Waals surface area contributed by atoms with Crippen LogP contribution in [0.3, 0.4) is 0 Å². The van der Waals surface area contributed by atoms with Gasteiger partial charge in [0.2, 0.25) is 0 Å². The first kappa shape index (κ1) is 8.62. The van der Waals surface area contributed by atoms with Crippen molar-refractivity contribution in [3.63, 3.8) is 0 Å². The Hall–Kier alpha value is -0.970. The molecule has 0 atom stereocenters. The Morgan fingerprint density at radius 2 is 2.38 bits per heavy atom. The van der Waals surface area contributed by atoms with Gasteiger partial charge in [-0.1, -0.05) is 24.4 Å². The van der Waals surface area contributed by atoms with Crippen LogP contribution in [0, 0.1) is 0 Å². The molecule has 1 heterocycles. The number of hydrogen-bond donors (Lipinski definition) is 1. The van der Waals surface area contributed by atoms with E-state index < -0.39 is 0 Å². The summed E-state index contributed by atoms with van der Waals surface area (Å²) in [7, 11) is 0. The average Bonchev–Trinajstić information content (AvgIpc) is 2.84. The van der Waals surface area contributed by atoms with Crippen molar-refractivity contribution in [1.82, 2.24) is 15.0 Å². The molecule has 0 unspecified atom stereocenters. The zero-order valence-electron chi connectivity index (χ0n) is 7.53. The molecule has 0 radical (unpaired) electrons. The highest BCUT2D eigenvalue weighted by Crippen LogP contribution is 2.35. The van der Waals surface area contributed by atoms with Crippen molar-refractivity contribution in [1.29, 1.82) is 0 Å². The number of thiocarbonyl (C=S) groups is 1. The van der Waals surface area contributed by atoms with Gasteiger partial charge in [0, 0.05) is 0 Å². The lowest BCUT2D eigenvalue weighted by molar-refractivity contribution is 0.585. The predicted octanol–water partition coefficient (Wildman–Crippen LogP) is 0.810. The van der Waals surface area contributed by atoms with E-state index in [1.54, 1.807) is 0 Å². The largest absolute Gasteiger partial charge is 0.388 e. The van der Waals surface area contributed by atoms with Crippen LogP contribution in [0.1, 0.15) is 37.2 Å². The van der Waals surface area contributed by atoms with Crippen LogP contribution < -0.4 is 5.73 Å². The van der Waals surface area contributed by atoms with E-state index in [0.717, 1.165) is 12.1 Å². The Morgan fingerprint density at radius 1 is 1.69 bits per heavy atom. The Labute approximate surface area is 82.1 Å². The smallest absolute Gasteiger partial charge is 0.143 e. The van der Waals surface area contributed by atoms with Gasteiger partial charge in [0.15, 0.2) is 0 Å². The predicted molar refractivity (Wildman–Crippen MR) is 53.6 cm³/mol. The van der Waals surface area contributed by atoms with E-state index in [2.05, 4.69) is 17.2 Å². The van der Waals surface area contributed by atoms with E-state index in [1.165, 1.54) is 12.8 Å². The average molecular weight is 196 g/mol. The summed E-state index contributed by atoms with van der Waals surface area (Å²) in [5.74, 6) is 0. The van der Waals surface area contributed by atoms with Crippen LogP contribution in [0.5, 0.6) is 0 Å². The highest BCUT2D eigenvalue weighted by molar-refractivity contribution is 7.80. The van der Waals surface area contributed by atoms with Gasteiger partial charge in [0.05, 0.1) is 11.7 Å². The molecule has 2 rings (SSSR count). The second-order valence-corrected chi connectivity index (χ2v) is 3.72. The second kappa shape index (κ2) is 3.06. The summed E-state index contributed by atoms with van der Waals surface area (Å²) in [6.07, 6.45) is 3.29. The molecule has 4 nitrogen and oxygen atoms in total. The van der Waals surface area contributed by atoms with Crippen LogP contribution in [0.4, 0.5) is 0 Å². The van der Waals surface area contributed by atoms with Gasteiger partial charge in [-0.3, -0.25) is 0 Å². The molecule has 2 N–H and O–H groups in total. The quantitative estimate of drug-likeness (QED) is 0.727. The molecule has 0 spiro atoms. The molecule has 0 aliphatic heterocycles. The number of rotatable bonds is 3. The molecular weight excluding hydrogens is 184 g/mol. The van der Waals surface area contributed by atoms with E-state index in [-0.39, 0.29) is 0 Å². The van der Waals surface area contributed by atoms with E-state index in [1.807, 2.05) is 4.68 Å². The van der Waals surface area contributed by atoms with Crippen LogP contribution in [0.15, 0.2) is 0 Å². The van der Waals surface area contributed by atoms with Gasteiger partial charge in [-0.05, 0) is 19.3 Å². The maximum Gasteiger partial charge on any atom is 0.143 e. The van der Waals surface area contributed by atoms with Gasteiger partial charge < -0.3 is 5.73 Å². The number of hydrogen-bond acceptors (Lipinski definition) is 3. The minimum absolute atomic E-state index is 0.351. The number of aromatic nitrogens is 3. The Kier molecular flexibility index (Phi) is 2.03. The van der Waals surface area contributed by atoms with Crippen molar-refractivity contribution in [2.75, 3.05) is 0 Å². The summed E-state index contributed by atoms with van der Waals surface area (Å²) >= 11 is 4.90. The van der Waals surface area contributed by atoms with Gasteiger partial charge in [0.25, 0.3) is 0 Å². The van der Waals surface area contributed by atoms with Crippen molar-refractivity contribution in [2.24, 2.45) is 5.73 Å². The number of nitrogens with two attached hydrogens (primary N) is 1. The first-order valence-electron chi connectivity index (χ1n) is 4.48. The Bertz CT molecular complexity index is 340. The highest BCUT2D eigenvalue weighted by Gasteiger charge is 2.28. The fourth-order valence-corrected chi connectivity index (χ4v) is 1.61. The zero-order valence-corrected chi connectivity index (χ0v) is 8.34. The minimum Gasteiger partial charge on any atom is -0.388 e. The van der Waals surface area contributed by atoms with Crippen molar-refractivity contribution in [3.8, 4) is 0 Å². The molecule has 1 aromatic rings. The monoisotopic (exact) mass is 196 g/mol. The third-order valence-corrected chi connectivity index (χ3v) is 2.45.